The maximum Gasteiger partial charge on any atom is 0.265 e. The molecule has 6 heteroatoms. The topological polar surface area (TPSA) is 38.1 Å². The first-order chi connectivity index (χ1) is 11.2. The first kappa shape index (κ1) is 16.5. The summed E-state index contributed by atoms with van der Waals surface area (Å²) in [6.45, 7) is 4.79. The Kier molecular flexibility index (Phi) is 5.38. The van der Waals surface area contributed by atoms with Gasteiger partial charge >= 0.3 is 0 Å². The van der Waals surface area contributed by atoms with E-state index < -0.39 is 0 Å². The molecule has 0 N–H and O–H groups in total. The van der Waals surface area contributed by atoms with Gasteiger partial charge in [-0.25, -0.2) is 4.98 Å². The van der Waals surface area contributed by atoms with Crippen LogP contribution in [0.2, 0.25) is 5.02 Å². The van der Waals surface area contributed by atoms with E-state index in [-0.39, 0.29) is 5.91 Å². The van der Waals surface area contributed by atoms with Crippen molar-refractivity contribution in [3.8, 4) is 0 Å². The van der Waals surface area contributed by atoms with E-state index in [1.54, 1.807) is 6.07 Å². The second kappa shape index (κ2) is 7.49. The summed E-state index contributed by atoms with van der Waals surface area (Å²) < 4.78 is 2.28. The molecule has 1 aliphatic rings. The summed E-state index contributed by atoms with van der Waals surface area (Å²) >= 11 is 7.50. The zero-order chi connectivity index (χ0) is 16.2. The third-order valence-electron chi connectivity index (χ3n) is 4.46. The van der Waals surface area contributed by atoms with E-state index in [0.29, 0.717) is 15.8 Å². The molecule has 0 saturated carbocycles. The Balaban J connectivity index is 1.61. The summed E-state index contributed by atoms with van der Waals surface area (Å²) in [4.78, 5) is 19.7. The SMILES string of the molecule is CCCCn1ccnc1C1CCN(C(=O)c2sccc2Cl)CC1. The number of aromatic nitrogens is 2. The number of carbonyl (C=O) groups excluding carboxylic acids is 1. The minimum absolute atomic E-state index is 0.0674. The van der Waals surface area contributed by atoms with Crippen LogP contribution >= 0.6 is 22.9 Å². The van der Waals surface area contributed by atoms with E-state index in [2.05, 4.69) is 22.7 Å². The molecule has 1 aliphatic heterocycles. The van der Waals surface area contributed by atoms with Crippen LogP contribution in [-0.2, 0) is 6.54 Å². The number of likely N-dealkylation sites (tertiary alicyclic amines) is 1. The molecule has 0 spiro atoms. The number of thiophene rings is 1. The Bertz CT molecular complexity index is 658. The molecule has 23 heavy (non-hydrogen) atoms. The van der Waals surface area contributed by atoms with Crippen LogP contribution in [-0.4, -0.2) is 33.4 Å². The van der Waals surface area contributed by atoms with Crippen molar-refractivity contribution in [2.75, 3.05) is 13.1 Å². The zero-order valence-corrected chi connectivity index (χ0v) is 14.9. The number of halogens is 1. The molecule has 1 amide bonds. The lowest BCUT2D eigenvalue weighted by molar-refractivity contribution is 0.0715. The predicted octanol–water partition coefficient (Wildman–Crippen LogP) is 4.42. The minimum Gasteiger partial charge on any atom is -0.338 e. The van der Waals surface area contributed by atoms with Crippen molar-refractivity contribution < 1.29 is 4.79 Å². The smallest absolute Gasteiger partial charge is 0.265 e. The molecule has 4 nitrogen and oxygen atoms in total. The summed E-state index contributed by atoms with van der Waals surface area (Å²) in [5, 5.41) is 2.43. The standard InChI is InChI=1S/C17H22ClN3OS/c1-2-3-8-20-11-7-19-16(20)13-4-9-21(10-5-13)17(22)15-14(18)6-12-23-15/h6-7,11-13H,2-5,8-10H2,1H3. The normalized spacial score (nSPS) is 16.0. The van der Waals surface area contributed by atoms with Crippen molar-refractivity contribution in [2.45, 2.75) is 45.1 Å². The van der Waals surface area contributed by atoms with Gasteiger partial charge in [0.25, 0.3) is 5.91 Å². The van der Waals surface area contributed by atoms with Crippen molar-refractivity contribution in [1.82, 2.24) is 14.5 Å². The Morgan fingerprint density at radius 1 is 1.43 bits per heavy atom. The Hall–Kier alpha value is -1.33. The molecule has 0 bridgehead atoms. The first-order valence-corrected chi connectivity index (χ1v) is 9.49. The van der Waals surface area contributed by atoms with Gasteiger partial charge in [-0.15, -0.1) is 11.3 Å². The fourth-order valence-corrected chi connectivity index (χ4v) is 4.23. The van der Waals surface area contributed by atoms with Gasteiger partial charge in [0.2, 0.25) is 0 Å². The van der Waals surface area contributed by atoms with Gasteiger partial charge in [0.05, 0.1) is 5.02 Å². The summed E-state index contributed by atoms with van der Waals surface area (Å²) in [5.41, 5.74) is 0. The van der Waals surface area contributed by atoms with Crippen molar-refractivity contribution in [3.63, 3.8) is 0 Å². The van der Waals surface area contributed by atoms with Crippen LogP contribution in [0.1, 0.15) is 54.0 Å². The quantitative estimate of drug-likeness (QED) is 0.799. The van der Waals surface area contributed by atoms with Crippen LogP contribution in [0.15, 0.2) is 23.8 Å². The van der Waals surface area contributed by atoms with Gasteiger partial charge in [-0.05, 0) is 30.7 Å². The van der Waals surface area contributed by atoms with E-state index in [1.807, 2.05) is 16.5 Å². The molecule has 0 aromatic carbocycles. The molecule has 0 unspecified atom stereocenters. The van der Waals surface area contributed by atoms with Crippen molar-refractivity contribution in [1.29, 1.82) is 0 Å². The van der Waals surface area contributed by atoms with Crippen LogP contribution < -0.4 is 0 Å². The average molecular weight is 352 g/mol. The monoisotopic (exact) mass is 351 g/mol. The number of amides is 1. The number of piperidine rings is 1. The largest absolute Gasteiger partial charge is 0.338 e. The second-order valence-electron chi connectivity index (χ2n) is 6.00. The van der Waals surface area contributed by atoms with Gasteiger partial charge in [0.1, 0.15) is 10.7 Å². The molecule has 1 saturated heterocycles. The van der Waals surface area contributed by atoms with Crippen molar-refractivity contribution in [3.05, 3.63) is 39.6 Å². The molecule has 3 rings (SSSR count). The number of nitrogens with zero attached hydrogens (tertiary/aromatic N) is 3. The third kappa shape index (κ3) is 3.61. The minimum atomic E-state index is 0.0674. The molecule has 0 atom stereocenters. The second-order valence-corrected chi connectivity index (χ2v) is 7.32. The van der Waals surface area contributed by atoms with Crippen LogP contribution in [0.3, 0.4) is 0 Å². The highest BCUT2D eigenvalue weighted by molar-refractivity contribution is 7.12. The molecule has 124 valence electrons. The number of carbonyl (C=O) groups is 1. The molecule has 3 heterocycles. The number of hydrogen-bond acceptors (Lipinski definition) is 3. The molecular weight excluding hydrogens is 330 g/mol. The van der Waals surface area contributed by atoms with Crippen LogP contribution in [0.4, 0.5) is 0 Å². The van der Waals surface area contributed by atoms with E-state index in [1.165, 1.54) is 30.0 Å². The highest BCUT2D eigenvalue weighted by atomic mass is 35.5. The highest BCUT2D eigenvalue weighted by Gasteiger charge is 2.28. The molecule has 0 aliphatic carbocycles. The highest BCUT2D eigenvalue weighted by Crippen LogP contribution is 2.30. The number of imidazole rings is 1. The predicted molar refractivity (Wildman–Crippen MR) is 94.3 cm³/mol. The molecule has 2 aromatic heterocycles. The summed E-state index contributed by atoms with van der Waals surface area (Å²) in [6, 6.07) is 1.79. The van der Waals surface area contributed by atoms with Gasteiger partial charge < -0.3 is 9.47 Å². The number of rotatable bonds is 5. The maximum absolute atomic E-state index is 12.5. The molecule has 0 radical (unpaired) electrons. The first-order valence-electron chi connectivity index (χ1n) is 8.24. The van der Waals surface area contributed by atoms with E-state index in [9.17, 15) is 4.79 Å². The number of hydrogen-bond donors (Lipinski definition) is 0. The summed E-state index contributed by atoms with van der Waals surface area (Å²) in [6.07, 6.45) is 8.28. The Morgan fingerprint density at radius 2 is 2.22 bits per heavy atom. The Labute approximate surface area is 146 Å². The van der Waals surface area contributed by atoms with Gasteiger partial charge in [-0.1, -0.05) is 24.9 Å². The summed E-state index contributed by atoms with van der Waals surface area (Å²) in [5.74, 6) is 1.70. The van der Waals surface area contributed by atoms with Gasteiger partial charge in [-0.3, -0.25) is 4.79 Å². The maximum atomic E-state index is 12.5. The molecule has 2 aromatic rings. The van der Waals surface area contributed by atoms with Gasteiger partial charge in [0.15, 0.2) is 0 Å². The van der Waals surface area contributed by atoms with Crippen molar-refractivity contribution in [2.24, 2.45) is 0 Å². The van der Waals surface area contributed by atoms with Crippen LogP contribution in [0.5, 0.6) is 0 Å². The lowest BCUT2D eigenvalue weighted by Crippen LogP contribution is -2.38. The fourth-order valence-electron chi connectivity index (χ4n) is 3.13. The lowest BCUT2D eigenvalue weighted by Gasteiger charge is -2.31. The fraction of sp³-hybridized carbons (Fsp3) is 0.529. The average Bonchev–Trinajstić information content (AvgIpc) is 3.21. The Morgan fingerprint density at radius 3 is 2.87 bits per heavy atom. The number of unbranched alkanes of at least 4 members (excludes halogenated alkanes) is 1. The van der Waals surface area contributed by atoms with E-state index >= 15 is 0 Å². The van der Waals surface area contributed by atoms with E-state index in [4.69, 9.17) is 11.6 Å². The van der Waals surface area contributed by atoms with Crippen LogP contribution in [0, 0.1) is 0 Å². The molecule has 1 fully saturated rings. The van der Waals surface area contributed by atoms with Crippen LogP contribution in [0.25, 0.3) is 0 Å². The van der Waals surface area contributed by atoms with Crippen molar-refractivity contribution >= 4 is 28.8 Å². The van der Waals surface area contributed by atoms with E-state index in [0.717, 1.165) is 32.5 Å². The number of aryl methyl sites for hydroxylation is 1. The summed E-state index contributed by atoms with van der Waals surface area (Å²) in [7, 11) is 0. The third-order valence-corrected chi connectivity index (χ3v) is 5.79. The van der Waals surface area contributed by atoms with Gasteiger partial charge in [0, 0.05) is 37.9 Å². The molecular formula is C17H22ClN3OS. The lowest BCUT2D eigenvalue weighted by atomic mass is 9.95. The van der Waals surface area contributed by atoms with Gasteiger partial charge in [-0.2, -0.15) is 0 Å². The zero-order valence-electron chi connectivity index (χ0n) is 13.4.